The van der Waals surface area contributed by atoms with Crippen molar-refractivity contribution in [3.63, 3.8) is 0 Å². The van der Waals surface area contributed by atoms with Crippen molar-refractivity contribution in [3.05, 3.63) is 40.9 Å². The van der Waals surface area contributed by atoms with Gasteiger partial charge in [0.05, 0.1) is 5.52 Å². The maximum Gasteiger partial charge on any atom is 0.0708 e. The van der Waals surface area contributed by atoms with Gasteiger partial charge < -0.3 is 0 Å². The molecule has 0 aliphatic heterocycles. The van der Waals surface area contributed by atoms with E-state index in [0.29, 0.717) is 0 Å². The Kier molecular flexibility index (Phi) is 2.32. The Labute approximate surface area is 83.4 Å². The Balaban J connectivity index is 2.98. The third kappa shape index (κ3) is 1.41. The number of hydrogen-bond acceptors (Lipinski definition) is 1. The molecule has 0 bridgehead atoms. The van der Waals surface area contributed by atoms with Crippen molar-refractivity contribution < 1.29 is 0 Å². The minimum absolute atomic E-state index is 1.06. The predicted molar refractivity (Wildman–Crippen MR) is 61.3 cm³/mol. The average molecular weight is 183 g/mol. The average Bonchev–Trinajstić information content (AvgIpc) is 2.27. The summed E-state index contributed by atoms with van der Waals surface area (Å²) in [5, 5.41) is 3.72. The molecular formula is C13H13N. The van der Waals surface area contributed by atoms with Crippen molar-refractivity contribution in [1.29, 1.82) is 0 Å². The molecule has 0 unspecified atom stereocenters. The second-order valence-corrected chi connectivity index (χ2v) is 3.25. The molecule has 0 fully saturated rings. The molecule has 0 atom stereocenters. The van der Waals surface area contributed by atoms with Crippen molar-refractivity contribution >= 4 is 23.1 Å². The summed E-state index contributed by atoms with van der Waals surface area (Å²) in [6, 6.07) is 8.37. The summed E-state index contributed by atoms with van der Waals surface area (Å²) in [6.07, 6.45) is 6.07. The maximum atomic E-state index is 4.33. The standard InChI is InChI=1S/C13H13N/c1-3-10-8-12-6-5-7-14-13(12)9-11(10)4-2/h3-9H,1-2H3/b10-3-,11-4-. The molecule has 1 nitrogen and oxygen atoms in total. The van der Waals surface area contributed by atoms with Gasteiger partial charge in [-0.1, -0.05) is 18.2 Å². The fourth-order valence-corrected chi connectivity index (χ4v) is 1.65. The molecule has 0 spiro atoms. The molecule has 1 aromatic heterocycles. The molecule has 0 aliphatic rings. The molecule has 0 saturated heterocycles. The lowest BCUT2D eigenvalue weighted by Gasteiger charge is -1.96. The summed E-state index contributed by atoms with van der Waals surface area (Å²) in [5.74, 6) is 0. The van der Waals surface area contributed by atoms with Gasteiger partial charge >= 0.3 is 0 Å². The Morgan fingerprint density at radius 3 is 2.50 bits per heavy atom. The SMILES string of the molecule is C/C=c1/cc2cccnc2c/c1=C/C. The summed E-state index contributed by atoms with van der Waals surface area (Å²) >= 11 is 0. The van der Waals surface area contributed by atoms with Crippen LogP contribution in [0.1, 0.15) is 13.8 Å². The van der Waals surface area contributed by atoms with Gasteiger partial charge in [-0.2, -0.15) is 0 Å². The molecule has 0 N–H and O–H groups in total. The number of hydrogen-bond donors (Lipinski definition) is 0. The summed E-state index contributed by atoms with van der Waals surface area (Å²) in [5.41, 5.74) is 1.06. The largest absolute Gasteiger partial charge is 0.256 e. The number of aromatic nitrogens is 1. The van der Waals surface area contributed by atoms with Crippen molar-refractivity contribution in [1.82, 2.24) is 4.98 Å². The zero-order valence-electron chi connectivity index (χ0n) is 8.49. The van der Waals surface area contributed by atoms with Gasteiger partial charge in [-0.05, 0) is 42.5 Å². The number of pyridine rings is 1. The Morgan fingerprint density at radius 1 is 1.07 bits per heavy atom. The monoisotopic (exact) mass is 183 g/mol. The van der Waals surface area contributed by atoms with Gasteiger partial charge in [0.15, 0.2) is 0 Å². The van der Waals surface area contributed by atoms with E-state index < -0.39 is 0 Å². The van der Waals surface area contributed by atoms with Gasteiger partial charge in [0.1, 0.15) is 0 Å². The third-order valence-corrected chi connectivity index (χ3v) is 2.43. The minimum Gasteiger partial charge on any atom is -0.256 e. The topological polar surface area (TPSA) is 12.9 Å². The van der Waals surface area contributed by atoms with E-state index in [9.17, 15) is 0 Å². The van der Waals surface area contributed by atoms with Gasteiger partial charge in [0.2, 0.25) is 0 Å². The molecule has 14 heavy (non-hydrogen) atoms. The van der Waals surface area contributed by atoms with E-state index in [1.165, 1.54) is 15.8 Å². The molecule has 1 aromatic carbocycles. The highest BCUT2D eigenvalue weighted by molar-refractivity contribution is 5.78. The van der Waals surface area contributed by atoms with Crippen molar-refractivity contribution in [3.8, 4) is 0 Å². The highest BCUT2D eigenvalue weighted by Gasteiger charge is 1.92. The first-order chi connectivity index (χ1) is 6.85. The first-order valence-corrected chi connectivity index (χ1v) is 4.82. The molecular weight excluding hydrogens is 170 g/mol. The molecule has 2 aromatic rings. The van der Waals surface area contributed by atoms with Crippen LogP contribution in [-0.4, -0.2) is 4.98 Å². The molecule has 70 valence electrons. The van der Waals surface area contributed by atoms with Gasteiger partial charge in [0.25, 0.3) is 0 Å². The normalized spacial score (nSPS) is 13.9. The lowest BCUT2D eigenvalue weighted by molar-refractivity contribution is 1.39. The fraction of sp³-hybridized carbons (Fsp3) is 0.154. The zero-order valence-corrected chi connectivity index (χ0v) is 8.49. The van der Waals surface area contributed by atoms with Crippen LogP contribution in [0.4, 0.5) is 0 Å². The summed E-state index contributed by atoms with van der Waals surface area (Å²) in [7, 11) is 0. The van der Waals surface area contributed by atoms with E-state index in [2.05, 4.69) is 49.2 Å². The molecule has 2 rings (SSSR count). The highest BCUT2D eigenvalue weighted by atomic mass is 14.6. The van der Waals surface area contributed by atoms with E-state index in [1.807, 2.05) is 12.3 Å². The quantitative estimate of drug-likeness (QED) is 0.607. The van der Waals surface area contributed by atoms with Gasteiger partial charge in [-0.15, -0.1) is 0 Å². The molecule has 0 aliphatic carbocycles. The summed E-state index contributed by atoms with van der Waals surface area (Å²) in [6.45, 7) is 4.11. The van der Waals surface area contributed by atoms with E-state index in [1.54, 1.807) is 0 Å². The molecule has 0 amide bonds. The zero-order chi connectivity index (χ0) is 9.97. The van der Waals surface area contributed by atoms with Gasteiger partial charge in [0, 0.05) is 11.6 Å². The Bertz CT molecular complexity index is 515. The van der Waals surface area contributed by atoms with Crippen LogP contribution in [0.2, 0.25) is 0 Å². The Hall–Kier alpha value is -1.63. The maximum absolute atomic E-state index is 4.33. The summed E-state index contributed by atoms with van der Waals surface area (Å²) < 4.78 is 0. The second kappa shape index (κ2) is 3.62. The number of rotatable bonds is 0. The Morgan fingerprint density at radius 2 is 1.79 bits per heavy atom. The molecule has 1 heteroatoms. The lowest BCUT2D eigenvalue weighted by atomic mass is 10.1. The molecule has 0 saturated carbocycles. The van der Waals surface area contributed by atoms with Crippen molar-refractivity contribution in [2.75, 3.05) is 0 Å². The van der Waals surface area contributed by atoms with E-state index in [0.717, 1.165) is 5.52 Å². The first-order valence-electron chi connectivity index (χ1n) is 4.82. The van der Waals surface area contributed by atoms with Gasteiger partial charge in [-0.3, -0.25) is 4.98 Å². The third-order valence-electron chi connectivity index (χ3n) is 2.43. The lowest BCUT2D eigenvalue weighted by Crippen LogP contribution is -2.23. The number of nitrogens with zero attached hydrogens (tertiary/aromatic N) is 1. The number of fused-ring (bicyclic) bond motifs is 1. The van der Waals surface area contributed by atoms with Crippen LogP contribution in [0.3, 0.4) is 0 Å². The first kappa shape index (κ1) is 8.95. The van der Waals surface area contributed by atoms with Crippen LogP contribution < -0.4 is 10.4 Å². The van der Waals surface area contributed by atoms with E-state index in [4.69, 9.17) is 0 Å². The van der Waals surface area contributed by atoms with Crippen LogP contribution in [0.25, 0.3) is 23.1 Å². The van der Waals surface area contributed by atoms with Crippen molar-refractivity contribution in [2.24, 2.45) is 0 Å². The van der Waals surface area contributed by atoms with Gasteiger partial charge in [-0.25, -0.2) is 0 Å². The predicted octanol–water partition coefficient (Wildman–Crippen LogP) is 1.84. The van der Waals surface area contributed by atoms with Crippen LogP contribution in [-0.2, 0) is 0 Å². The van der Waals surface area contributed by atoms with Crippen LogP contribution in [0.5, 0.6) is 0 Å². The molecule has 0 radical (unpaired) electrons. The van der Waals surface area contributed by atoms with E-state index >= 15 is 0 Å². The van der Waals surface area contributed by atoms with Crippen LogP contribution in [0, 0.1) is 0 Å². The van der Waals surface area contributed by atoms with Crippen LogP contribution >= 0.6 is 0 Å². The minimum atomic E-state index is 1.06. The smallest absolute Gasteiger partial charge is 0.0708 e. The molecule has 1 heterocycles. The highest BCUT2D eigenvalue weighted by Crippen LogP contribution is 2.04. The second-order valence-electron chi connectivity index (χ2n) is 3.25. The van der Waals surface area contributed by atoms with E-state index in [-0.39, 0.29) is 0 Å². The number of benzene rings is 1. The summed E-state index contributed by atoms with van der Waals surface area (Å²) in [4.78, 5) is 4.33. The van der Waals surface area contributed by atoms with Crippen molar-refractivity contribution in [2.45, 2.75) is 13.8 Å². The fourth-order valence-electron chi connectivity index (χ4n) is 1.65. The van der Waals surface area contributed by atoms with Crippen LogP contribution in [0.15, 0.2) is 30.5 Å².